The predicted octanol–water partition coefficient (Wildman–Crippen LogP) is 4.54. The third-order valence-electron chi connectivity index (χ3n) is 6.67. The minimum absolute atomic E-state index is 0.191. The second kappa shape index (κ2) is 12.7. The minimum atomic E-state index is -1.51. The molecule has 1 rings (SSSR count). The van der Waals surface area contributed by atoms with Crippen molar-refractivity contribution in [2.75, 3.05) is 7.11 Å². The van der Waals surface area contributed by atoms with E-state index >= 15 is 0 Å². The van der Waals surface area contributed by atoms with Crippen LogP contribution in [0.3, 0.4) is 0 Å². The Hall–Kier alpha value is -0.650. The van der Waals surface area contributed by atoms with Gasteiger partial charge in [-0.3, -0.25) is 0 Å². The average Bonchev–Trinajstić information content (AvgIpc) is 2.99. The molecule has 160 valence electrons. The van der Waals surface area contributed by atoms with Crippen LogP contribution in [0.5, 0.6) is 0 Å². The van der Waals surface area contributed by atoms with Crippen molar-refractivity contribution in [3.05, 3.63) is 0 Å². The summed E-state index contributed by atoms with van der Waals surface area (Å²) in [6.45, 7) is 3.95. The number of methoxy groups -OCH3 is 1. The Kier molecular flexibility index (Phi) is 11.5. The van der Waals surface area contributed by atoms with Gasteiger partial charge >= 0.3 is 5.97 Å². The zero-order valence-electron chi connectivity index (χ0n) is 17.7. The van der Waals surface area contributed by atoms with Crippen molar-refractivity contribution >= 4 is 5.97 Å². The van der Waals surface area contributed by atoms with Crippen LogP contribution in [0.15, 0.2) is 0 Å². The van der Waals surface area contributed by atoms with Crippen LogP contribution < -0.4 is 0 Å². The van der Waals surface area contributed by atoms with Gasteiger partial charge in [0.25, 0.3) is 0 Å². The Labute approximate surface area is 165 Å². The number of rotatable bonds is 15. The highest BCUT2D eigenvalue weighted by Gasteiger charge is 2.44. The Morgan fingerprint density at radius 3 is 2.33 bits per heavy atom. The zero-order chi connectivity index (χ0) is 20.3. The molecule has 0 aromatic carbocycles. The van der Waals surface area contributed by atoms with E-state index in [1.54, 1.807) is 6.92 Å². The molecule has 5 heteroatoms. The van der Waals surface area contributed by atoms with Crippen LogP contribution in [0.25, 0.3) is 0 Å². The van der Waals surface area contributed by atoms with E-state index in [2.05, 4.69) is 6.92 Å². The van der Waals surface area contributed by atoms with Gasteiger partial charge in [-0.05, 0) is 43.9 Å². The molecule has 0 saturated heterocycles. The molecule has 1 fully saturated rings. The molecule has 0 heterocycles. The molecule has 0 amide bonds. The zero-order valence-corrected chi connectivity index (χ0v) is 17.7. The lowest BCUT2D eigenvalue weighted by molar-refractivity contribution is -0.179. The number of aliphatic hydroxyl groups is 2. The lowest BCUT2D eigenvalue weighted by atomic mass is 9.84. The second-order valence-corrected chi connectivity index (χ2v) is 8.32. The van der Waals surface area contributed by atoms with Gasteiger partial charge in [0.05, 0.1) is 12.2 Å². The fraction of sp³-hybridized carbons (Fsp3) is 0.955. The SMILES string of the molecule is CCCCCCC[C@H]1CC[C@H](O)[C@@H]1CCCCC(O)C(CC)(OC)C(=O)O. The molecule has 27 heavy (non-hydrogen) atoms. The lowest BCUT2D eigenvalue weighted by Crippen LogP contribution is -2.50. The maximum atomic E-state index is 11.5. The Morgan fingerprint density at radius 2 is 1.74 bits per heavy atom. The first-order valence-electron chi connectivity index (χ1n) is 11.1. The summed E-state index contributed by atoms with van der Waals surface area (Å²) in [6.07, 6.45) is 11.8. The summed E-state index contributed by atoms with van der Waals surface area (Å²) in [6, 6.07) is 0. The molecule has 1 aliphatic carbocycles. The third kappa shape index (κ3) is 7.03. The van der Waals surface area contributed by atoms with Crippen molar-refractivity contribution in [2.24, 2.45) is 11.8 Å². The molecule has 1 saturated carbocycles. The predicted molar refractivity (Wildman–Crippen MR) is 108 cm³/mol. The van der Waals surface area contributed by atoms with Crippen molar-refractivity contribution in [3.8, 4) is 0 Å². The molecular weight excluding hydrogens is 344 g/mol. The molecule has 0 aliphatic heterocycles. The van der Waals surface area contributed by atoms with Gasteiger partial charge in [0.15, 0.2) is 5.60 Å². The van der Waals surface area contributed by atoms with E-state index in [0.29, 0.717) is 18.3 Å². The quantitative estimate of drug-likeness (QED) is 0.360. The van der Waals surface area contributed by atoms with E-state index in [4.69, 9.17) is 4.74 Å². The van der Waals surface area contributed by atoms with Crippen molar-refractivity contribution in [2.45, 2.75) is 115 Å². The molecule has 1 aliphatic rings. The van der Waals surface area contributed by atoms with Gasteiger partial charge in [0, 0.05) is 7.11 Å². The van der Waals surface area contributed by atoms with Gasteiger partial charge in [-0.1, -0.05) is 65.2 Å². The molecule has 0 bridgehead atoms. The first-order valence-corrected chi connectivity index (χ1v) is 11.1. The number of hydrogen-bond donors (Lipinski definition) is 3. The smallest absolute Gasteiger partial charge is 0.338 e. The second-order valence-electron chi connectivity index (χ2n) is 8.32. The molecule has 5 atom stereocenters. The normalized spacial score (nSPS) is 26.0. The highest BCUT2D eigenvalue weighted by atomic mass is 16.5. The van der Waals surface area contributed by atoms with Crippen LogP contribution in [0.4, 0.5) is 0 Å². The van der Waals surface area contributed by atoms with Crippen molar-refractivity contribution in [1.29, 1.82) is 0 Å². The minimum Gasteiger partial charge on any atom is -0.479 e. The average molecular weight is 387 g/mol. The van der Waals surface area contributed by atoms with Gasteiger partial charge in [-0.15, -0.1) is 0 Å². The molecule has 0 aromatic rings. The monoisotopic (exact) mass is 386 g/mol. The standard InChI is InChI=1S/C22H42O5/c1-4-6-7-8-9-12-17-15-16-19(23)18(17)13-10-11-14-20(24)22(5-2,27-3)21(25)26/h17-20,23-24H,4-16H2,1-3H3,(H,25,26)/t17-,18+,19-,20?,22?/m0/s1. The van der Waals surface area contributed by atoms with Crippen LogP contribution in [0, 0.1) is 11.8 Å². The number of carbonyl (C=O) groups is 1. The lowest BCUT2D eigenvalue weighted by Gasteiger charge is -2.31. The van der Waals surface area contributed by atoms with Crippen LogP contribution in [0.1, 0.15) is 97.3 Å². The number of carboxylic acid groups (broad SMARTS) is 1. The number of unbranched alkanes of at least 4 members (excludes halogenated alkanes) is 5. The molecule has 5 nitrogen and oxygen atoms in total. The highest BCUT2D eigenvalue weighted by Crippen LogP contribution is 2.39. The highest BCUT2D eigenvalue weighted by molar-refractivity contribution is 5.78. The fourth-order valence-electron chi connectivity index (χ4n) is 4.77. The van der Waals surface area contributed by atoms with Crippen LogP contribution >= 0.6 is 0 Å². The summed E-state index contributed by atoms with van der Waals surface area (Å²) in [5, 5.41) is 30.1. The number of aliphatic hydroxyl groups excluding tert-OH is 2. The van der Waals surface area contributed by atoms with Gasteiger partial charge in [0.1, 0.15) is 0 Å². The van der Waals surface area contributed by atoms with Gasteiger partial charge < -0.3 is 20.1 Å². The van der Waals surface area contributed by atoms with E-state index in [0.717, 1.165) is 32.1 Å². The first kappa shape index (κ1) is 24.4. The summed E-state index contributed by atoms with van der Waals surface area (Å²) in [4.78, 5) is 11.5. The maximum Gasteiger partial charge on any atom is 0.338 e. The summed E-state index contributed by atoms with van der Waals surface area (Å²) in [5.74, 6) is -0.111. The number of aliphatic carboxylic acids is 1. The summed E-state index contributed by atoms with van der Waals surface area (Å²) in [7, 11) is 1.35. The largest absolute Gasteiger partial charge is 0.479 e. The van der Waals surface area contributed by atoms with Gasteiger partial charge in [-0.2, -0.15) is 0 Å². The summed E-state index contributed by atoms with van der Waals surface area (Å²) >= 11 is 0. The van der Waals surface area contributed by atoms with E-state index < -0.39 is 17.7 Å². The summed E-state index contributed by atoms with van der Waals surface area (Å²) < 4.78 is 5.16. The molecular formula is C22H42O5. The van der Waals surface area contributed by atoms with E-state index in [-0.39, 0.29) is 12.5 Å². The van der Waals surface area contributed by atoms with Crippen molar-refractivity contribution < 1.29 is 24.9 Å². The first-order chi connectivity index (χ1) is 12.9. The van der Waals surface area contributed by atoms with E-state index in [1.165, 1.54) is 45.6 Å². The number of carboxylic acids is 1. The van der Waals surface area contributed by atoms with Crippen LogP contribution in [-0.4, -0.2) is 46.2 Å². The summed E-state index contributed by atoms with van der Waals surface area (Å²) in [5.41, 5.74) is -1.51. The molecule has 0 radical (unpaired) electrons. The number of ether oxygens (including phenoxy) is 1. The Morgan fingerprint density at radius 1 is 1.07 bits per heavy atom. The fourth-order valence-corrected chi connectivity index (χ4v) is 4.77. The van der Waals surface area contributed by atoms with E-state index in [9.17, 15) is 20.1 Å². The Bertz CT molecular complexity index is 408. The van der Waals surface area contributed by atoms with Gasteiger partial charge in [-0.25, -0.2) is 4.79 Å². The molecule has 0 spiro atoms. The Balaban J connectivity index is 2.37. The van der Waals surface area contributed by atoms with E-state index in [1.807, 2.05) is 0 Å². The van der Waals surface area contributed by atoms with Crippen LogP contribution in [-0.2, 0) is 9.53 Å². The van der Waals surface area contributed by atoms with Crippen LogP contribution in [0.2, 0.25) is 0 Å². The molecule has 0 aromatic heterocycles. The van der Waals surface area contributed by atoms with Gasteiger partial charge in [0.2, 0.25) is 0 Å². The topological polar surface area (TPSA) is 87.0 Å². The molecule has 3 N–H and O–H groups in total. The van der Waals surface area contributed by atoms with Crippen molar-refractivity contribution in [1.82, 2.24) is 0 Å². The third-order valence-corrected chi connectivity index (χ3v) is 6.67. The maximum absolute atomic E-state index is 11.5. The number of hydrogen-bond acceptors (Lipinski definition) is 4. The molecule has 2 unspecified atom stereocenters. The van der Waals surface area contributed by atoms with Crippen molar-refractivity contribution in [3.63, 3.8) is 0 Å².